The number of benzene rings is 3. The van der Waals surface area contributed by atoms with E-state index >= 15 is 0 Å². The van der Waals surface area contributed by atoms with Crippen LogP contribution >= 0.6 is 0 Å². The van der Waals surface area contributed by atoms with Crippen molar-refractivity contribution in [2.24, 2.45) is 0 Å². The number of fused-ring (bicyclic) bond motifs is 2. The highest BCUT2D eigenvalue weighted by Crippen LogP contribution is 2.30. The van der Waals surface area contributed by atoms with Crippen molar-refractivity contribution < 1.29 is 37.4 Å². The van der Waals surface area contributed by atoms with Gasteiger partial charge in [0.1, 0.15) is 23.3 Å². The average molecular weight is 500 g/mol. The topological polar surface area (TPSA) is 114 Å². The van der Waals surface area contributed by atoms with E-state index in [4.69, 9.17) is 27.8 Å². The van der Waals surface area contributed by atoms with Crippen molar-refractivity contribution in [3.63, 3.8) is 0 Å². The molecule has 0 saturated carbocycles. The molecule has 0 amide bonds. The Morgan fingerprint density at radius 3 is 2.43 bits per heavy atom. The van der Waals surface area contributed by atoms with E-state index in [-0.39, 0.29) is 34.8 Å². The number of carbonyl (C=O) groups is 2. The molecule has 0 spiro atoms. The summed E-state index contributed by atoms with van der Waals surface area (Å²) in [5.74, 6) is -0.209. The van der Waals surface area contributed by atoms with E-state index in [1.54, 1.807) is 43.3 Å². The molecule has 5 rings (SSSR count). The third-order valence-corrected chi connectivity index (χ3v) is 5.45. The Labute approximate surface area is 209 Å². The van der Waals surface area contributed by atoms with Gasteiger partial charge in [-0.05, 0) is 55.5 Å². The maximum atomic E-state index is 12.9. The smallest absolute Gasteiger partial charge is 0.379 e. The zero-order valence-electron chi connectivity index (χ0n) is 19.8. The minimum atomic E-state index is -0.717. The SMILES string of the molecule is CCOC(=O)c1ccc(Oc2coc3cc(OC(=O)c4cc5cccc(OC)c5o4)ccc3c2=O)cc1. The molecule has 0 aliphatic heterocycles. The van der Waals surface area contributed by atoms with Gasteiger partial charge >= 0.3 is 11.9 Å². The molecule has 0 radical (unpaired) electrons. The van der Waals surface area contributed by atoms with Crippen LogP contribution in [-0.4, -0.2) is 25.7 Å². The van der Waals surface area contributed by atoms with Gasteiger partial charge in [0.15, 0.2) is 11.3 Å². The molecular formula is C28H20O9. The molecule has 0 aliphatic carbocycles. The molecule has 9 nitrogen and oxygen atoms in total. The van der Waals surface area contributed by atoms with Gasteiger partial charge in [-0.3, -0.25) is 4.79 Å². The highest BCUT2D eigenvalue weighted by atomic mass is 16.6. The normalized spacial score (nSPS) is 10.9. The maximum Gasteiger partial charge on any atom is 0.379 e. The predicted molar refractivity (Wildman–Crippen MR) is 133 cm³/mol. The number of rotatable bonds is 7. The van der Waals surface area contributed by atoms with Crippen molar-refractivity contribution in [3.8, 4) is 23.0 Å². The van der Waals surface area contributed by atoms with Crippen LogP contribution in [0.5, 0.6) is 23.0 Å². The number of esters is 2. The van der Waals surface area contributed by atoms with Crippen LogP contribution < -0.4 is 19.6 Å². The van der Waals surface area contributed by atoms with E-state index in [0.29, 0.717) is 28.0 Å². The van der Waals surface area contributed by atoms with Gasteiger partial charge in [0, 0.05) is 11.5 Å². The van der Waals surface area contributed by atoms with Crippen molar-refractivity contribution in [2.45, 2.75) is 6.92 Å². The number of furan rings is 1. The third-order valence-electron chi connectivity index (χ3n) is 5.45. The van der Waals surface area contributed by atoms with Crippen LogP contribution in [0.25, 0.3) is 21.9 Å². The molecule has 0 fully saturated rings. The molecule has 0 unspecified atom stereocenters. The molecule has 5 aromatic rings. The van der Waals surface area contributed by atoms with Gasteiger partial charge in [-0.15, -0.1) is 0 Å². The number of ether oxygens (including phenoxy) is 4. The summed E-state index contributed by atoms with van der Waals surface area (Å²) in [5, 5.41) is 0.924. The molecular weight excluding hydrogens is 480 g/mol. The van der Waals surface area contributed by atoms with Crippen LogP contribution in [-0.2, 0) is 4.74 Å². The second-order valence-corrected chi connectivity index (χ2v) is 7.81. The molecule has 9 heteroatoms. The summed E-state index contributed by atoms with van der Waals surface area (Å²) < 4.78 is 32.5. The molecule has 0 bridgehead atoms. The summed E-state index contributed by atoms with van der Waals surface area (Å²) in [4.78, 5) is 37.3. The predicted octanol–water partition coefficient (Wildman–Crippen LogP) is 5.74. The first-order valence-corrected chi connectivity index (χ1v) is 11.3. The Morgan fingerprint density at radius 1 is 0.892 bits per heavy atom. The Kier molecular flexibility index (Phi) is 6.34. The van der Waals surface area contributed by atoms with Gasteiger partial charge in [-0.2, -0.15) is 0 Å². The highest BCUT2D eigenvalue weighted by molar-refractivity contribution is 5.95. The van der Waals surface area contributed by atoms with Crippen molar-refractivity contribution in [2.75, 3.05) is 13.7 Å². The van der Waals surface area contributed by atoms with Gasteiger partial charge < -0.3 is 27.8 Å². The van der Waals surface area contributed by atoms with Crippen LogP contribution in [0.4, 0.5) is 0 Å². The van der Waals surface area contributed by atoms with Crippen LogP contribution in [0, 0.1) is 0 Å². The second-order valence-electron chi connectivity index (χ2n) is 7.81. The van der Waals surface area contributed by atoms with E-state index in [9.17, 15) is 14.4 Å². The molecule has 0 N–H and O–H groups in total. The first-order valence-electron chi connectivity index (χ1n) is 11.3. The van der Waals surface area contributed by atoms with E-state index in [1.165, 1.54) is 43.7 Å². The Balaban J connectivity index is 1.34. The lowest BCUT2D eigenvalue weighted by Crippen LogP contribution is -2.08. The monoisotopic (exact) mass is 500 g/mol. The van der Waals surface area contributed by atoms with Crippen LogP contribution in [0.2, 0.25) is 0 Å². The summed E-state index contributed by atoms with van der Waals surface area (Å²) in [6, 6.07) is 17.4. The summed E-state index contributed by atoms with van der Waals surface area (Å²) in [7, 11) is 1.51. The third kappa shape index (κ3) is 4.74. The van der Waals surface area contributed by atoms with Gasteiger partial charge in [0.2, 0.25) is 16.9 Å². The standard InChI is InChI=1S/C28H20O9/c1-3-33-27(30)16-7-9-18(10-8-16)35-24-15-34-22-14-19(11-12-20(22)25(24)29)36-28(31)23-13-17-5-4-6-21(32-2)26(17)37-23/h4-15H,3H2,1-2H3. The molecule has 0 saturated heterocycles. The lowest BCUT2D eigenvalue weighted by molar-refractivity contribution is 0.0526. The minimum Gasteiger partial charge on any atom is -0.493 e. The highest BCUT2D eigenvalue weighted by Gasteiger charge is 2.18. The molecule has 0 aliphatic rings. The number of para-hydroxylation sites is 1. The molecule has 2 aromatic heterocycles. The summed E-state index contributed by atoms with van der Waals surface area (Å²) in [6.07, 6.45) is 1.17. The van der Waals surface area contributed by atoms with Gasteiger partial charge in [-0.1, -0.05) is 12.1 Å². The van der Waals surface area contributed by atoms with Crippen molar-refractivity contribution in [3.05, 3.63) is 94.5 Å². The van der Waals surface area contributed by atoms with Crippen molar-refractivity contribution in [1.82, 2.24) is 0 Å². The Morgan fingerprint density at radius 2 is 1.68 bits per heavy atom. The second kappa shape index (κ2) is 9.90. The molecule has 2 heterocycles. The maximum absolute atomic E-state index is 12.9. The fraction of sp³-hybridized carbons (Fsp3) is 0.107. The summed E-state index contributed by atoms with van der Waals surface area (Å²) in [5.41, 5.74) is 0.581. The molecule has 3 aromatic carbocycles. The van der Waals surface area contributed by atoms with Crippen LogP contribution in [0.15, 0.2) is 86.6 Å². The zero-order chi connectivity index (χ0) is 25.9. The van der Waals surface area contributed by atoms with E-state index in [1.807, 2.05) is 0 Å². The van der Waals surface area contributed by atoms with Crippen LogP contribution in [0.3, 0.4) is 0 Å². The fourth-order valence-electron chi connectivity index (χ4n) is 3.68. The number of carbonyl (C=O) groups excluding carboxylic acids is 2. The van der Waals surface area contributed by atoms with Crippen molar-refractivity contribution >= 4 is 33.9 Å². The number of methoxy groups -OCH3 is 1. The van der Waals surface area contributed by atoms with E-state index in [2.05, 4.69) is 0 Å². The fourth-order valence-corrected chi connectivity index (χ4v) is 3.68. The van der Waals surface area contributed by atoms with Gasteiger partial charge in [0.25, 0.3) is 0 Å². The Bertz CT molecular complexity index is 1680. The molecule has 0 atom stereocenters. The first kappa shape index (κ1) is 23.7. The molecule has 37 heavy (non-hydrogen) atoms. The van der Waals surface area contributed by atoms with Crippen LogP contribution in [0.1, 0.15) is 27.8 Å². The minimum absolute atomic E-state index is 0.00114. The largest absolute Gasteiger partial charge is 0.493 e. The number of hydrogen-bond donors (Lipinski definition) is 0. The quantitative estimate of drug-likeness (QED) is 0.204. The van der Waals surface area contributed by atoms with Gasteiger partial charge in [0.05, 0.1) is 24.7 Å². The zero-order valence-corrected chi connectivity index (χ0v) is 19.8. The Hall–Kier alpha value is -5.05. The lowest BCUT2D eigenvalue weighted by Gasteiger charge is -2.07. The van der Waals surface area contributed by atoms with Crippen molar-refractivity contribution in [1.29, 1.82) is 0 Å². The van der Waals surface area contributed by atoms with E-state index < -0.39 is 17.4 Å². The number of hydrogen-bond acceptors (Lipinski definition) is 9. The first-order chi connectivity index (χ1) is 18.0. The summed E-state index contributed by atoms with van der Waals surface area (Å²) in [6.45, 7) is 1.99. The van der Waals surface area contributed by atoms with Gasteiger partial charge in [-0.25, -0.2) is 9.59 Å². The average Bonchev–Trinajstić information content (AvgIpc) is 3.36. The van der Waals surface area contributed by atoms with E-state index in [0.717, 1.165) is 0 Å². The molecule has 186 valence electrons. The summed E-state index contributed by atoms with van der Waals surface area (Å²) >= 11 is 0. The lowest BCUT2D eigenvalue weighted by atomic mass is 10.2.